The molecule has 0 saturated heterocycles. The third-order valence-corrected chi connectivity index (χ3v) is 0.452. The summed E-state index contributed by atoms with van der Waals surface area (Å²) in [7, 11) is 0. The van der Waals surface area contributed by atoms with Gasteiger partial charge in [-0.05, 0) is 6.92 Å². The van der Waals surface area contributed by atoms with Crippen LogP contribution < -0.4 is 0 Å². The van der Waals surface area contributed by atoms with E-state index < -0.39 is 0 Å². The minimum atomic E-state index is 0.475. The van der Waals surface area contributed by atoms with Gasteiger partial charge in [0, 0.05) is 6.21 Å². The molecule has 0 bridgehead atoms. The Morgan fingerprint density at radius 3 is 2.71 bits per heavy atom. The van der Waals surface area contributed by atoms with Crippen LogP contribution in [0.15, 0.2) is 17.3 Å². The minimum absolute atomic E-state index is 0.475. The van der Waals surface area contributed by atoms with Gasteiger partial charge in [-0.1, -0.05) is 12.5 Å². The van der Waals surface area contributed by atoms with Gasteiger partial charge in [0.15, 0.2) is 0 Å². The van der Waals surface area contributed by atoms with E-state index >= 15 is 0 Å². The average Bonchev–Trinajstić information content (AvgIpc) is 1.68. The van der Waals surface area contributed by atoms with Gasteiger partial charge in [-0.15, -0.1) is 6.42 Å². The van der Waals surface area contributed by atoms with Gasteiger partial charge in [-0.25, -0.2) is 0 Å². The highest BCUT2D eigenvalue weighted by Crippen LogP contribution is 1.83. The van der Waals surface area contributed by atoms with E-state index in [1.807, 2.05) is 0 Å². The molecule has 0 aromatic carbocycles. The summed E-state index contributed by atoms with van der Waals surface area (Å²) in [6, 6.07) is 0. The number of terminal acetylenes is 1. The second kappa shape index (κ2) is 3.17. The van der Waals surface area contributed by atoms with Crippen molar-refractivity contribution in [2.75, 3.05) is 0 Å². The molecule has 36 valence electrons. The molecular formula is C6H7N. The summed E-state index contributed by atoms with van der Waals surface area (Å²) in [6.07, 6.45) is 6.51. The number of hydrogen-bond donors (Lipinski definition) is 0. The number of allylic oxidation sites excluding steroid dienone is 1. The van der Waals surface area contributed by atoms with Crippen LogP contribution in [0.4, 0.5) is 0 Å². The van der Waals surface area contributed by atoms with E-state index in [-0.39, 0.29) is 0 Å². The fourth-order valence-corrected chi connectivity index (χ4v) is 0.193. The van der Waals surface area contributed by atoms with Crippen LogP contribution >= 0.6 is 0 Å². The zero-order valence-corrected chi connectivity index (χ0v) is 4.31. The van der Waals surface area contributed by atoms with Gasteiger partial charge in [0.25, 0.3) is 0 Å². The average molecular weight is 93.1 g/mol. The molecule has 0 aliphatic carbocycles. The molecule has 0 radical (unpaired) electrons. The Balaban J connectivity index is 3.66. The predicted octanol–water partition coefficient (Wildman–Crippen LogP) is 1.22. The van der Waals surface area contributed by atoms with Gasteiger partial charge < -0.3 is 0 Å². The van der Waals surface area contributed by atoms with E-state index in [1.54, 1.807) is 13.1 Å². The van der Waals surface area contributed by atoms with Crippen molar-refractivity contribution >= 4 is 6.21 Å². The summed E-state index contributed by atoms with van der Waals surface area (Å²) in [6.45, 7) is 5.22. The molecule has 0 spiro atoms. The molecule has 1 heteroatoms. The number of hydrogen-bond acceptors (Lipinski definition) is 1. The normalized spacial score (nSPS) is 8.57. The second-order valence-electron chi connectivity index (χ2n) is 0.978. The van der Waals surface area contributed by atoms with Crippen LogP contribution in [0.1, 0.15) is 6.92 Å². The summed E-state index contributed by atoms with van der Waals surface area (Å²) >= 11 is 0. The molecule has 0 saturated carbocycles. The van der Waals surface area contributed by atoms with Gasteiger partial charge in [0.2, 0.25) is 0 Å². The molecule has 0 unspecified atom stereocenters. The van der Waals surface area contributed by atoms with E-state index in [1.165, 1.54) is 0 Å². The first-order valence-electron chi connectivity index (χ1n) is 1.95. The largest absolute Gasteiger partial charge is 0.253 e. The molecular weight excluding hydrogens is 86.1 g/mol. The van der Waals surface area contributed by atoms with Crippen molar-refractivity contribution in [1.82, 2.24) is 0 Å². The first-order chi connectivity index (χ1) is 3.31. The summed E-state index contributed by atoms with van der Waals surface area (Å²) in [5.74, 6) is 2.27. The first kappa shape index (κ1) is 5.97. The van der Waals surface area contributed by atoms with E-state index in [4.69, 9.17) is 6.42 Å². The van der Waals surface area contributed by atoms with Crippen molar-refractivity contribution in [3.63, 3.8) is 0 Å². The zero-order valence-electron chi connectivity index (χ0n) is 4.31. The highest BCUT2D eigenvalue weighted by Gasteiger charge is 1.70. The third kappa shape index (κ3) is 2.78. The Morgan fingerprint density at radius 2 is 2.57 bits per heavy atom. The van der Waals surface area contributed by atoms with Gasteiger partial charge in [0.05, 0.1) is 0 Å². The molecule has 0 N–H and O–H groups in total. The monoisotopic (exact) mass is 93.1 g/mol. The standard InChI is InChI=1S/C6H7N/c1-4-6(3)7-5-2/h1,5H,3H2,2H3. The van der Waals surface area contributed by atoms with Crippen molar-refractivity contribution in [3.8, 4) is 12.3 Å². The van der Waals surface area contributed by atoms with Crippen LogP contribution in [0.2, 0.25) is 0 Å². The van der Waals surface area contributed by atoms with Crippen LogP contribution in [-0.4, -0.2) is 6.21 Å². The van der Waals surface area contributed by atoms with E-state index in [0.29, 0.717) is 5.70 Å². The fraction of sp³-hybridized carbons (Fsp3) is 0.167. The first-order valence-corrected chi connectivity index (χ1v) is 1.95. The highest BCUT2D eigenvalue weighted by molar-refractivity contribution is 5.56. The maximum Gasteiger partial charge on any atom is 0.105 e. The van der Waals surface area contributed by atoms with E-state index in [2.05, 4.69) is 17.5 Å². The van der Waals surface area contributed by atoms with Crippen LogP contribution in [0.25, 0.3) is 0 Å². The van der Waals surface area contributed by atoms with Crippen molar-refractivity contribution in [2.24, 2.45) is 4.99 Å². The van der Waals surface area contributed by atoms with Gasteiger partial charge in [-0.2, -0.15) is 0 Å². The summed E-state index contributed by atoms with van der Waals surface area (Å²) in [4.78, 5) is 3.69. The molecule has 7 heavy (non-hydrogen) atoms. The summed E-state index contributed by atoms with van der Waals surface area (Å²) in [5, 5.41) is 0. The Morgan fingerprint density at radius 1 is 2.00 bits per heavy atom. The fourth-order valence-electron chi connectivity index (χ4n) is 0.193. The van der Waals surface area contributed by atoms with Crippen LogP contribution in [-0.2, 0) is 0 Å². The molecule has 0 aromatic heterocycles. The van der Waals surface area contributed by atoms with E-state index in [9.17, 15) is 0 Å². The molecule has 0 fully saturated rings. The smallest absolute Gasteiger partial charge is 0.105 e. The van der Waals surface area contributed by atoms with Crippen LogP contribution in [0.3, 0.4) is 0 Å². The third-order valence-electron chi connectivity index (χ3n) is 0.452. The zero-order chi connectivity index (χ0) is 5.70. The maximum atomic E-state index is 4.89. The van der Waals surface area contributed by atoms with Crippen LogP contribution in [0, 0.1) is 12.3 Å². The molecule has 0 atom stereocenters. The Hall–Kier alpha value is -1.03. The highest BCUT2D eigenvalue weighted by atomic mass is 14.7. The second-order valence-corrected chi connectivity index (χ2v) is 0.978. The molecule has 0 amide bonds. The SMILES string of the molecule is C#CC(=C)N=CC. The van der Waals surface area contributed by atoms with Crippen molar-refractivity contribution < 1.29 is 0 Å². The summed E-state index contributed by atoms with van der Waals surface area (Å²) in [5.41, 5.74) is 0.475. The Kier molecular flexibility index (Phi) is 2.70. The Bertz CT molecular complexity index is 126. The maximum absolute atomic E-state index is 4.89. The lowest BCUT2D eigenvalue weighted by Gasteiger charge is -1.76. The minimum Gasteiger partial charge on any atom is -0.253 e. The quantitative estimate of drug-likeness (QED) is 0.341. The van der Waals surface area contributed by atoms with Crippen molar-refractivity contribution in [1.29, 1.82) is 0 Å². The predicted molar refractivity (Wildman–Crippen MR) is 32.1 cm³/mol. The lowest BCUT2D eigenvalue weighted by Crippen LogP contribution is -1.64. The molecule has 0 rings (SSSR count). The molecule has 0 heterocycles. The molecule has 1 nitrogen and oxygen atoms in total. The van der Waals surface area contributed by atoms with Gasteiger partial charge in [0.1, 0.15) is 5.70 Å². The van der Waals surface area contributed by atoms with Crippen molar-refractivity contribution in [2.45, 2.75) is 6.92 Å². The molecule has 0 aromatic rings. The molecule has 0 aliphatic heterocycles. The number of nitrogens with zero attached hydrogens (tertiary/aromatic N) is 1. The number of rotatable bonds is 1. The summed E-state index contributed by atoms with van der Waals surface area (Å²) < 4.78 is 0. The molecule has 0 aliphatic rings. The lowest BCUT2D eigenvalue weighted by molar-refractivity contribution is 1.49. The topological polar surface area (TPSA) is 12.4 Å². The lowest BCUT2D eigenvalue weighted by atomic mass is 10.5. The Labute approximate surface area is 43.8 Å². The number of aliphatic imine (C=N–C) groups is 1. The van der Waals surface area contributed by atoms with Crippen LogP contribution in [0.5, 0.6) is 0 Å². The van der Waals surface area contributed by atoms with E-state index in [0.717, 1.165) is 0 Å². The van der Waals surface area contributed by atoms with Crippen molar-refractivity contribution in [3.05, 3.63) is 12.3 Å². The van der Waals surface area contributed by atoms with Gasteiger partial charge >= 0.3 is 0 Å². The van der Waals surface area contributed by atoms with Gasteiger partial charge in [-0.3, -0.25) is 4.99 Å².